The molecule has 2 aromatic rings. The van der Waals surface area contributed by atoms with Gasteiger partial charge in [-0.05, 0) is 80.2 Å². The van der Waals surface area contributed by atoms with Crippen molar-refractivity contribution >= 4 is 21.6 Å². The lowest BCUT2D eigenvalue weighted by atomic mass is 10.1. The predicted octanol–water partition coefficient (Wildman–Crippen LogP) is 3.80. The van der Waals surface area contributed by atoms with Crippen molar-refractivity contribution in [1.82, 2.24) is 14.6 Å². The monoisotopic (exact) mass is 421 g/mol. The number of nitrogens with one attached hydrogen (secondary N) is 1. The van der Waals surface area contributed by atoms with Crippen LogP contribution in [0.25, 0.3) is 0 Å². The van der Waals surface area contributed by atoms with Crippen molar-refractivity contribution in [3.63, 3.8) is 0 Å². The summed E-state index contributed by atoms with van der Waals surface area (Å²) in [7, 11) is -3.59. The van der Waals surface area contributed by atoms with Crippen molar-refractivity contribution in [1.29, 1.82) is 0 Å². The Morgan fingerprint density at radius 2 is 1.75 bits per heavy atom. The van der Waals surface area contributed by atoms with Gasteiger partial charge in [0.15, 0.2) is 0 Å². The second-order valence-corrected chi connectivity index (χ2v) is 9.52. The first-order valence-electron chi connectivity index (χ1n) is 9.89. The van der Waals surface area contributed by atoms with Crippen LogP contribution in [-0.4, -0.2) is 37.4 Å². The van der Waals surface area contributed by atoms with E-state index in [9.17, 15) is 8.42 Å². The van der Waals surface area contributed by atoms with Crippen molar-refractivity contribution in [2.24, 2.45) is 0 Å². The predicted molar refractivity (Wildman–Crippen MR) is 113 cm³/mol. The topological polar surface area (TPSA) is 62.3 Å². The largest absolute Gasteiger partial charge is 0.300 e. The van der Waals surface area contributed by atoms with Crippen LogP contribution in [0.1, 0.15) is 43.5 Å². The van der Waals surface area contributed by atoms with Crippen LogP contribution in [0, 0.1) is 0 Å². The normalized spacial score (nSPS) is 16.5. The molecule has 1 atom stereocenters. The van der Waals surface area contributed by atoms with Crippen LogP contribution in [-0.2, 0) is 29.4 Å². The van der Waals surface area contributed by atoms with E-state index in [1.807, 2.05) is 6.20 Å². The Morgan fingerprint density at radius 1 is 1.11 bits per heavy atom. The average molecular weight is 422 g/mol. The lowest BCUT2D eigenvalue weighted by molar-refractivity contribution is 0.202. The van der Waals surface area contributed by atoms with E-state index in [4.69, 9.17) is 11.6 Å². The number of benzene rings is 1. The summed E-state index contributed by atoms with van der Waals surface area (Å²) in [6.45, 7) is 6.85. The Labute approximate surface area is 173 Å². The average Bonchev–Trinajstić information content (AvgIpc) is 3.10. The quantitative estimate of drug-likeness (QED) is 0.668. The summed E-state index contributed by atoms with van der Waals surface area (Å²) in [5, 5.41) is 0.508. The van der Waals surface area contributed by atoms with Gasteiger partial charge in [0.1, 0.15) is 0 Å². The zero-order valence-electron chi connectivity index (χ0n) is 16.5. The van der Waals surface area contributed by atoms with Crippen molar-refractivity contribution in [2.75, 3.05) is 13.1 Å². The first-order chi connectivity index (χ1) is 13.4. The zero-order valence-corrected chi connectivity index (χ0v) is 18.1. The third-order valence-corrected chi connectivity index (χ3v) is 6.82. The highest BCUT2D eigenvalue weighted by Crippen LogP contribution is 2.26. The van der Waals surface area contributed by atoms with Crippen LogP contribution in [0.5, 0.6) is 0 Å². The van der Waals surface area contributed by atoms with Crippen molar-refractivity contribution < 1.29 is 8.42 Å². The summed E-state index contributed by atoms with van der Waals surface area (Å²) in [6.07, 6.45) is 6.26. The summed E-state index contributed by atoms with van der Waals surface area (Å²) in [4.78, 5) is 7.25. The molecular weight excluding hydrogens is 394 g/mol. The van der Waals surface area contributed by atoms with E-state index in [1.165, 1.54) is 23.3 Å². The zero-order chi connectivity index (χ0) is 20.1. The van der Waals surface area contributed by atoms with Gasteiger partial charge in [0.25, 0.3) is 0 Å². The van der Waals surface area contributed by atoms with Gasteiger partial charge >= 0.3 is 0 Å². The molecule has 1 aliphatic rings. The Morgan fingerprint density at radius 3 is 2.39 bits per heavy atom. The number of pyridine rings is 1. The second-order valence-electron chi connectivity index (χ2n) is 7.32. The number of hydrogen-bond acceptors (Lipinski definition) is 4. The van der Waals surface area contributed by atoms with Crippen molar-refractivity contribution in [3.05, 3.63) is 58.4 Å². The molecule has 0 fully saturated rings. The van der Waals surface area contributed by atoms with Crippen LogP contribution in [0.2, 0.25) is 5.02 Å². The maximum atomic E-state index is 12.4. The van der Waals surface area contributed by atoms with Gasteiger partial charge in [-0.25, -0.2) is 13.1 Å². The van der Waals surface area contributed by atoms with Crippen LogP contribution in [0.4, 0.5) is 0 Å². The second kappa shape index (κ2) is 9.35. The molecule has 28 heavy (non-hydrogen) atoms. The molecule has 1 aliphatic carbocycles. The molecule has 0 amide bonds. The minimum absolute atomic E-state index is 0.177. The molecule has 0 saturated carbocycles. The highest BCUT2D eigenvalue weighted by atomic mass is 35.5. The Hall–Kier alpha value is -1.47. The number of fused-ring (bicyclic) bond motifs is 1. The molecule has 152 valence electrons. The first kappa shape index (κ1) is 21.2. The van der Waals surface area contributed by atoms with E-state index < -0.39 is 10.0 Å². The Kier molecular flexibility index (Phi) is 7.10. The molecule has 0 bridgehead atoms. The van der Waals surface area contributed by atoms with Gasteiger partial charge in [-0.1, -0.05) is 25.4 Å². The number of rotatable bonds is 9. The summed E-state index contributed by atoms with van der Waals surface area (Å²) >= 11 is 5.83. The van der Waals surface area contributed by atoms with Crippen LogP contribution < -0.4 is 4.72 Å². The van der Waals surface area contributed by atoms with Crippen molar-refractivity contribution in [2.45, 2.75) is 57.0 Å². The summed E-state index contributed by atoms with van der Waals surface area (Å²) < 4.78 is 27.5. The van der Waals surface area contributed by atoms with Gasteiger partial charge in [0, 0.05) is 17.3 Å². The molecule has 5 nitrogen and oxygen atoms in total. The van der Waals surface area contributed by atoms with E-state index in [2.05, 4.69) is 34.5 Å². The fourth-order valence-electron chi connectivity index (χ4n) is 3.80. The maximum absolute atomic E-state index is 12.4. The molecule has 1 aromatic carbocycles. The van der Waals surface area contributed by atoms with Gasteiger partial charge in [-0.2, -0.15) is 0 Å². The molecule has 1 N–H and O–H groups in total. The third-order valence-electron chi connectivity index (χ3n) is 5.16. The maximum Gasteiger partial charge on any atom is 0.240 e. The lowest BCUT2D eigenvalue weighted by Gasteiger charge is -2.27. The number of halogens is 1. The van der Waals surface area contributed by atoms with Crippen LogP contribution in [0.3, 0.4) is 0 Å². The van der Waals surface area contributed by atoms with Crippen molar-refractivity contribution in [3.8, 4) is 0 Å². The molecule has 1 aromatic heterocycles. The Balaban J connectivity index is 1.66. The summed E-state index contributed by atoms with van der Waals surface area (Å²) in [5.74, 6) is 0. The van der Waals surface area contributed by atoms with Gasteiger partial charge in [0.05, 0.1) is 17.1 Å². The summed E-state index contributed by atoms with van der Waals surface area (Å²) in [6, 6.07) is 8.72. The summed E-state index contributed by atoms with van der Waals surface area (Å²) in [5.41, 5.74) is 3.32. The lowest BCUT2D eigenvalue weighted by Crippen LogP contribution is -2.37. The molecule has 0 spiro atoms. The Bertz CT molecular complexity index is 894. The molecule has 0 radical (unpaired) electrons. The van der Waals surface area contributed by atoms with E-state index in [0.29, 0.717) is 11.1 Å². The van der Waals surface area contributed by atoms with E-state index in [0.717, 1.165) is 44.5 Å². The number of aromatic nitrogens is 1. The third kappa shape index (κ3) is 5.11. The first-order valence-corrected chi connectivity index (χ1v) is 11.7. The smallest absolute Gasteiger partial charge is 0.240 e. The minimum Gasteiger partial charge on any atom is -0.300 e. The standard InChI is InChI=1S/C21H28ClN3O2S/c1-3-9-25(10-4-2)20-12-16-11-19(23-14-17(16)13-20)15-24-28(26,27)21-7-5-18(22)6-8-21/h5-8,11,14,20,24H,3-4,9-10,12-13,15H2,1-2H3. The highest BCUT2D eigenvalue weighted by Gasteiger charge is 2.26. The number of hydrogen-bond donors (Lipinski definition) is 1. The van der Waals surface area contributed by atoms with E-state index in [1.54, 1.807) is 12.1 Å². The molecule has 7 heteroatoms. The fraction of sp³-hybridized carbons (Fsp3) is 0.476. The molecule has 1 unspecified atom stereocenters. The molecular formula is C21H28ClN3O2S. The molecule has 1 heterocycles. The highest BCUT2D eigenvalue weighted by molar-refractivity contribution is 7.89. The SMILES string of the molecule is CCCN(CCC)C1Cc2cnc(CNS(=O)(=O)c3ccc(Cl)cc3)cc2C1. The molecule has 3 rings (SSSR count). The van der Waals surface area contributed by atoms with Gasteiger partial charge in [-0.15, -0.1) is 0 Å². The molecule has 0 saturated heterocycles. The van der Waals surface area contributed by atoms with Crippen LogP contribution >= 0.6 is 11.6 Å². The van der Waals surface area contributed by atoms with Gasteiger partial charge < -0.3 is 0 Å². The van der Waals surface area contributed by atoms with Gasteiger partial charge in [0.2, 0.25) is 10.0 Å². The minimum atomic E-state index is -3.59. The number of sulfonamides is 1. The van der Waals surface area contributed by atoms with E-state index >= 15 is 0 Å². The number of nitrogens with zero attached hydrogens (tertiary/aromatic N) is 2. The van der Waals surface area contributed by atoms with E-state index in [-0.39, 0.29) is 11.4 Å². The van der Waals surface area contributed by atoms with Gasteiger partial charge in [-0.3, -0.25) is 9.88 Å². The van der Waals surface area contributed by atoms with Crippen LogP contribution in [0.15, 0.2) is 41.4 Å². The fourth-order valence-corrected chi connectivity index (χ4v) is 4.93. The molecule has 0 aliphatic heterocycles.